The van der Waals surface area contributed by atoms with Crippen molar-refractivity contribution in [3.05, 3.63) is 30.3 Å². The van der Waals surface area contributed by atoms with Crippen molar-refractivity contribution in [3.8, 4) is 5.69 Å². The lowest BCUT2D eigenvalue weighted by Gasteiger charge is -2.29. The van der Waals surface area contributed by atoms with Crippen LogP contribution in [0.5, 0.6) is 0 Å². The van der Waals surface area contributed by atoms with Crippen molar-refractivity contribution in [1.29, 1.82) is 0 Å². The average molecular weight is 257 g/mol. The predicted octanol–water partition coefficient (Wildman–Crippen LogP) is 2.65. The molecule has 0 aliphatic heterocycles. The third kappa shape index (κ3) is 2.59. The van der Waals surface area contributed by atoms with Gasteiger partial charge in [-0.2, -0.15) is 4.68 Å². The van der Waals surface area contributed by atoms with Crippen LogP contribution in [-0.2, 0) is 0 Å². The maximum Gasteiger partial charge on any atom is 0.247 e. The Morgan fingerprint density at radius 2 is 1.95 bits per heavy atom. The number of hydrogen-bond donors (Lipinski definition) is 1. The zero-order valence-electron chi connectivity index (χ0n) is 11.2. The summed E-state index contributed by atoms with van der Waals surface area (Å²) in [5.41, 5.74) is 0.985. The number of nitrogens with one attached hydrogen (secondary N) is 1. The Balaban J connectivity index is 1.81. The predicted molar refractivity (Wildman–Crippen MR) is 74.2 cm³/mol. The molecule has 0 amide bonds. The van der Waals surface area contributed by atoms with Crippen molar-refractivity contribution < 1.29 is 0 Å². The van der Waals surface area contributed by atoms with E-state index in [0.29, 0.717) is 12.0 Å². The second-order valence-corrected chi connectivity index (χ2v) is 5.26. The molecule has 1 aliphatic rings. The molecule has 0 spiro atoms. The number of tetrazole rings is 1. The van der Waals surface area contributed by atoms with Gasteiger partial charge in [0.2, 0.25) is 5.95 Å². The Hall–Kier alpha value is -1.91. The SMILES string of the molecule is C[C@H]1CCCC[C@@H]1Nc1nnnn1-c1ccccc1. The highest BCUT2D eigenvalue weighted by Crippen LogP contribution is 2.26. The molecule has 1 aromatic heterocycles. The van der Waals surface area contributed by atoms with Gasteiger partial charge in [-0.1, -0.05) is 43.1 Å². The first-order valence-electron chi connectivity index (χ1n) is 6.95. The van der Waals surface area contributed by atoms with Gasteiger partial charge in [0.15, 0.2) is 0 Å². The monoisotopic (exact) mass is 257 g/mol. The van der Waals surface area contributed by atoms with Gasteiger partial charge < -0.3 is 5.32 Å². The van der Waals surface area contributed by atoms with Crippen LogP contribution in [0.15, 0.2) is 30.3 Å². The van der Waals surface area contributed by atoms with E-state index in [1.54, 1.807) is 4.68 Å². The molecule has 0 radical (unpaired) electrons. The standard InChI is InChI=1S/C14H19N5/c1-11-7-5-6-10-13(11)15-14-16-17-18-19(14)12-8-3-2-4-9-12/h2-4,8-9,11,13H,5-7,10H2,1H3,(H,15,16,18)/t11-,13-/m0/s1. The van der Waals surface area contributed by atoms with Crippen molar-refractivity contribution in [2.24, 2.45) is 5.92 Å². The van der Waals surface area contributed by atoms with Gasteiger partial charge in [-0.05, 0) is 41.3 Å². The van der Waals surface area contributed by atoms with E-state index < -0.39 is 0 Å². The lowest BCUT2D eigenvalue weighted by molar-refractivity contribution is 0.348. The highest BCUT2D eigenvalue weighted by atomic mass is 15.6. The summed E-state index contributed by atoms with van der Waals surface area (Å²) in [7, 11) is 0. The van der Waals surface area contributed by atoms with Crippen LogP contribution in [0.1, 0.15) is 32.6 Å². The summed E-state index contributed by atoms with van der Waals surface area (Å²) in [4.78, 5) is 0. The topological polar surface area (TPSA) is 55.6 Å². The van der Waals surface area contributed by atoms with Crippen LogP contribution in [0.3, 0.4) is 0 Å². The zero-order chi connectivity index (χ0) is 13.1. The number of benzene rings is 1. The number of para-hydroxylation sites is 1. The van der Waals surface area contributed by atoms with Crippen LogP contribution in [0.4, 0.5) is 5.95 Å². The molecule has 1 heterocycles. The summed E-state index contributed by atoms with van der Waals surface area (Å²) in [5.74, 6) is 1.42. The molecule has 5 nitrogen and oxygen atoms in total. The average Bonchev–Trinajstić information content (AvgIpc) is 2.91. The van der Waals surface area contributed by atoms with Gasteiger partial charge in [0.25, 0.3) is 0 Å². The van der Waals surface area contributed by atoms with Crippen molar-refractivity contribution >= 4 is 5.95 Å². The van der Waals surface area contributed by atoms with E-state index in [2.05, 4.69) is 27.8 Å². The third-order valence-corrected chi connectivity index (χ3v) is 3.90. The van der Waals surface area contributed by atoms with Gasteiger partial charge in [-0.15, -0.1) is 0 Å². The molecule has 0 unspecified atom stereocenters. The normalized spacial score (nSPS) is 23.2. The van der Waals surface area contributed by atoms with Crippen LogP contribution in [-0.4, -0.2) is 26.2 Å². The summed E-state index contributed by atoms with van der Waals surface area (Å²) in [6, 6.07) is 10.5. The van der Waals surface area contributed by atoms with Crippen molar-refractivity contribution in [2.75, 3.05) is 5.32 Å². The Morgan fingerprint density at radius 1 is 1.16 bits per heavy atom. The van der Waals surface area contributed by atoms with E-state index in [4.69, 9.17) is 0 Å². The van der Waals surface area contributed by atoms with Gasteiger partial charge in [0.1, 0.15) is 0 Å². The molecule has 1 fully saturated rings. The summed E-state index contributed by atoms with van der Waals surface area (Å²) in [6.07, 6.45) is 5.10. The summed E-state index contributed by atoms with van der Waals surface area (Å²) in [5, 5.41) is 15.5. The molecule has 1 aliphatic carbocycles. The Morgan fingerprint density at radius 3 is 2.74 bits per heavy atom. The van der Waals surface area contributed by atoms with Gasteiger partial charge in [-0.25, -0.2) is 0 Å². The number of rotatable bonds is 3. The maximum absolute atomic E-state index is 4.11. The van der Waals surface area contributed by atoms with Crippen LogP contribution in [0.2, 0.25) is 0 Å². The van der Waals surface area contributed by atoms with Crippen LogP contribution in [0.25, 0.3) is 5.69 Å². The molecule has 100 valence electrons. The molecular weight excluding hydrogens is 238 g/mol. The van der Waals surface area contributed by atoms with Crippen molar-refractivity contribution in [3.63, 3.8) is 0 Å². The van der Waals surface area contributed by atoms with Crippen LogP contribution >= 0.6 is 0 Å². The van der Waals surface area contributed by atoms with Gasteiger partial charge in [-0.3, -0.25) is 0 Å². The van der Waals surface area contributed by atoms with Gasteiger partial charge in [0.05, 0.1) is 5.69 Å². The van der Waals surface area contributed by atoms with E-state index in [0.717, 1.165) is 11.6 Å². The quantitative estimate of drug-likeness (QED) is 0.918. The molecule has 0 bridgehead atoms. The second kappa shape index (κ2) is 5.38. The molecule has 1 saturated carbocycles. The lowest BCUT2D eigenvalue weighted by atomic mass is 9.86. The first kappa shape index (κ1) is 12.1. The number of hydrogen-bond acceptors (Lipinski definition) is 4. The van der Waals surface area contributed by atoms with E-state index >= 15 is 0 Å². The molecule has 1 N–H and O–H groups in total. The molecular formula is C14H19N5. The molecule has 0 saturated heterocycles. The first-order valence-corrected chi connectivity index (χ1v) is 6.95. The van der Waals surface area contributed by atoms with Crippen molar-refractivity contribution in [2.45, 2.75) is 38.6 Å². The minimum atomic E-state index is 0.474. The minimum absolute atomic E-state index is 0.474. The largest absolute Gasteiger partial charge is 0.350 e. The Labute approximate surface area is 113 Å². The molecule has 19 heavy (non-hydrogen) atoms. The lowest BCUT2D eigenvalue weighted by Crippen LogP contribution is -2.31. The van der Waals surface area contributed by atoms with Crippen LogP contribution in [0, 0.1) is 5.92 Å². The smallest absolute Gasteiger partial charge is 0.247 e. The zero-order valence-corrected chi connectivity index (χ0v) is 11.2. The summed E-state index contributed by atoms with van der Waals surface area (Å²) < 4.78 is 1.77. The third-order valence-electron chi connectivity index (χ3n) is 3.90. The summed E-state index contributed by atoms with van der Waals surface area (Å²) in [6.45, 7) is 2.30. The first-order chi connectivity index (χ1) is 9.34. The van der Waals surface area contributed by atoms with E-state index in [1.807, 2.05) is 30.3 Å². The van der Waals surface area contributed by atoms with E-state index in [-0.39, 0.29) is 0 Å². The van der Waals surface area contributed by atoms with Gasteiger partial charge >= 0.3 is 0 Å². The number of nitrogens with zero attached hydrogens (tertiary/aromatic N) is 4. The second-order valence-electron chi connectivity index (χ2n) is 5.26. The molecule has 2 atom stereocenters. The fourth-order valence-electron chi connectivity index (χ4n) is 2.72. The molecule has 1 aromatic carbocycles. The highest BCUT2D eigenvalue weighted by molar-refractivity contribution is 5.39. The minimum Gasteiger partial charge on any atom is -0.350 e. The number of anilines is 1. The summed E-state index contributed by atoms with van der Waals surface area (Å²) >= 11 is 0. The highest BCUT2D eigenvalue weighted by Gasteiger charge is 2.23. The van der Waals surface area contributed by atoms with E-state index in [9.17, 15) is 0 Å². The van der Waals surface area contributed by atoms with Crippen molar-refractivity contribution in [1.82, 2.24) is 20.2 Å². The fourth-order valence-corrected chi connectivity index (χ4v) is 2.72. The van der Waals surface area contributed by atoms with Crippen LogP contribution < -0.4 is 5.32 Å². The number of aromatic nitrogens is 4. The Kier molecular flexibility index (Phi) is 3.44. The molecule has 3 rings (SSSR count). The molecule has 2 aromatic rings. The Bertz CT molecular complexity index is 522. The molecule has 5 heteroatoms. The maximum atomic E-state index is 4.11. The van der Waals surface area contributed by atoms with Gasteiger partial charge in [0, 0.05) is 6.04 Å². The fraction of sp³-hybridized carbons (Fsp3) is 0.500. The van der Waals surface area contributed by atoms with E-state index in [1.165, 1.54) is 25.7 Å².